The second-order valence-electron chi connectivity index (χ2n) is 3.52. The van der Waals surface area contributed by atoms with Gasteiger partial charge in [-0.2, -0.15) is 5.26 Å². The molecule has 0 bridgehead atoms. The van der Waals surface area contributed by atoms with Crippen molar-refractivity contribution in [2.75, 3.05) is 19.3 Å². The minimum absolute atomic E-state index is 0.336. The van der Waals surface area contributed by atoms with Gasteiger partial charge in [-0.05, 0) is 13.3 Å². The molecule has 12 heavy (non-hydrogen) atoms. The molecule has 0 spiro atoms. The van der Waals surface area contributed by atoms with E-state index < -0.39 is 15.4 Å². The van der Waals surface area contributed by atoms with Crippen LogP contribution in [-0.2, 0) is 10.0 Å². The average Bonchev–Trinajstić information content (AvgIpc) is 2.32. The van der Waals surface area contributed by atoms with Gasteiger partial charge in [0.2, 0.25) is 10.0 Å². The molecule has 4 nitrogen and oxygen atoms in total. The van der Waals surface area contributed by atoms with E-state index in [0.29, 0.717) is 19.5 Å². The van der Waals surface area contributed by atoms with Crippen molar-refractivity contribution in [1.82, 2.24) is 4.31 Å². The molecule has 1 atom stereocenters. The van der Waals surface area contributed by atoms with Crippen LogP contribution >= 0.6 is 0 Å². The van der Waals surface area contributed by atoms with E-state index in [0.717, 1.165) is 0 Å². The first-order chi connectivity index (χ1) is 5.37. The highest BCUT2D eigenvalue weighted by molar-refractivity contribution is 7.88. The maximum atomic E-state index is 11.1. The molecule has 1 aliphatic rings. The van der Waals surface area contributed by atoms with Crippen LogP contribution < -0.4 is 0 Å². The predicted molar refractivity (Wildman–Crippen MR) is 44.8 cm³/mol. The van der Waals surface area contributed by atoms with Gasteiger partial charge in [0, 0.05) is 13.1 Å². The summed E-state index contributed by atoms with van der Waals surface area (Å²) in [6.45, 7) is 2.60. The molecular formula is C7H12N2O2S. The molecule has 5 heteroatoms. The molecular weight excluding hydrogens is 176 g/mol. The van der Waals surface area contributed by atoms with Crippen molar-refractivity contribution in [3.05, 3.63) is 0 Å². The van der Waals surface area contributed by atoms with Crippen LogP contribution in [0.1, 0.15) is 13.3 Å². The summed E-state index contributed by atoms with van der Waals surface area (Å²) in [5.41, 5.74) is -0.483. The maximum Gasteiger partial charge on any atom is 0.211 e. The van der Waals surface area contributed by atoms with Gasteiger partial charge in [0.05, 0.1) is 17.7 Å². The lowest BCUT2D eigenvalue weighted by molar-refractivity contribution is 0.429. The summed E-state index contributed by atoms with van der Waals surface area (Å²) in [5, 5.41) is 8.74. The average molecular weight is 188 g/mol. The number of hydrogen-bond donors (Lipinski definition) is 0. The van der Waals surface area contributed by atoms with Gasteiger partial charge in [-0.15, -0.1) is 0 Å². The van der Waals surface area contributed by atoms with Crippen LogP contribution in [0.15, 0.2) is 0 Å². The van der Waals surface area contributed by atoms with Crippen LogP contribution in [0.4, 0.5) is 0 Å². The van der Waals surface area contributed by atoms with Gasteiger partial charge in [-0.1, -0.05) is 0 Å². The molecule has 0 aromatic rings. The SMILES string of the molecule is CC1(C#N)CCN(S(C)(=O)=O)C1. The number of nitrogens with zero attached hydrogens (tertiary/aromatic N) is 2. The van der Waals surface area contributed by atoms with Crippen molar-refractivity contribution in [1.29, 1.82) is 5.26 Å². The van der Waals surface area contributed by atoms with Crippen LogP contribution in [0.2, 0.25) is 0 Å². The van der Waals surface area contributed by atoms with E-state index in [9.17, 15) is 8.42 Å². The van der Waals surface area contributed by atoms with Crippen molar-refractivity contribution in [3.63, 3.8) is 0 Å². The molecule has 68 valence electrons. The van der Waals surface area contributed by atoms with E-state index in [-0.39, 0.29) is 0 Å². The lowest BCUT2D eigenvalue weighted by Crippen LogP contribution is -2.29. The minimum Gasteiger partial charge on any atom is -0.213 e. The van der Waals surface area contributed by atoms with Crippen molar-refractivity contribution in [2.45, 2.75) is 13.3 Å². The summed E-state index contributed by atoms with van der Waals surface area (Å²) in [6.07, 6.45) is 1.81. The standard InChI is InChI=1S/C7H12N2O2S/c1-7(5-8)3-4-9(6-7)12(2,10)11/h3-4,6H2,1-2H3. The minimum atomic E-state index is -3.10. The van der Waals surface area contributed by atoms with E-state index >= 15 is 0 Å². The Morgan fingerprint density at radius 2 is 2.17 bits per heavy atom. The van der Waals surface area contributed by atoms with Crippen molar-refractivity contribution >= 4 is 10.0 Å². The smallest absolute Gasteiger partial charge is 0.211 e. The van der Waals surface area contributed by atoms with Crippen molar-refractivity contribution < 1.29 is 8.42 Å². The van der Waals surface area contributed by atoms with Gasteiger partial charge in [-0.3, -0.25) is 0 Å². The maximum absolute atomic E-state index is 11.1. The fourth-order valence-corrected chi connectivity index (χ4v) is 2.24. The summed E-state index contributed by atoms with van der Waals surface area (Å²) >= 11 is 0. The zero-order valence-corrected chi connectivity index (χ0v) is 8.06. The molecule has 1 heterocycles. The Hall–Kier alpha value is -0.600. The number of rotatable bonds is 1. The first-order valence-corrected chi connectivity index (χ1v) is 5.59. The number of sulfonamides is 1. The molecule has 1 fully saturated rings. The highest BCUT2D eigenvalue weighted by Gasteiger charge is 2.37. The quantitative estimate of drug-likeness (QED) is 0.589. The Bertz CT molecular complexity index is 317. The monoisotopic (exact) mass is 188 g/mol. The third-order valence-corrected chi connectivity index (χ3v) is 3.43. The molecule has 0 N–H and O–H groups in total. The first kappa shape index (κ1) is 9.49. The highest BCUT2D eigenvalue weighted by atomic mass is 32.2. The van der Waals surface area contributed by atoms with Gasteiger partial charge in [0.25, 0.3) is 0 Å². The van der Waals surface area contributed by atoms with Crippen LogP contribution in [0.5, 0.6) is 0 Å². The Kier molecular flexibility index (Phi) is 2.15. The Balaban J connectivity index is 2.78. The fraction of sp³-hybridized carbons (Fsp3) is 0.857. The summed E-state index contributed by atoms with van der Waals surface area (Å²) in [5.74, 6) is 0. The van der Waals surface area contributed by atoms with Crippen molar-refractivity contribution in [3.8, 4) is 6.07 Å². The highest BCUT2D eigenvalue weighted by Crippen LogP contribution is 2.29. The van der Waals surface area contributed by atoms with Gasteiger partial charge in [0.15, 0.2) is 0 Å². The molecule has 0 radical (unpaired) electrons. The normalized spacial score (nSPS) is 31.8. The molecule has 0 saturated carbocycles. The van der Waals surface area contributed by atoms with Gasteiger partial charge in [-0.25, -0.2) is 12.7 Å². The zero-order chi connectivity index (χ0) is 9.41. The van der Waals surface area contributed by atoms with Gasteiger partial charge < -0.3 is 0 Å². The predicted octanol–water partition coefficient (Wildman–Crippen LogP) is 0.182. The van der Waals surface area contributed by atoms with Crippen LogP contribution in [0, 0.1) is 16.7 Å². The Morgan fingerprint density at radius 3 is 2.42 bits per heavy atom. The van der Waals surface area contributed by atoms with E-state index in [1.54, 1.807) is 6.92 Å². The largest absolute Gasteiger partial charge is 0.213 e. The summed E-state index contributed by atoms with van der Waals surface area (Å²) < 4.78 is 23.5. The summed E-state index contributed by atoms with van der Waals surface area (Å²) in [6, 6.07) is 2.14. The molecule has 1 unspecified atom stereocenters. The lowest BCUT2D eigenvalue weighted by atomic mass is 9.92. The molecule has 0 amide bonds. The second-order valence-corrected chi connectivity index (χ2v) is 5.50. The van der Waals surface area contributed by atoms with E-state index in [1.807, 2.05) is 0 Å². The van der Waals surface area contributed by atoms with Crippen LogP contribution in [0.3, 0.4) is 0 Å². The topological polar surface area (TPSA) is 61.2 Å². The molecule has 0 aliphatic carbocycles. The van der Waals surface area contributed by atoms with E-state index in [2.05, 4.69) is 6.07 Å². The lowest BCUT2D eigenvalue weighted by Gasteiger charge is -2.14. The molecule has 1 rings (SSSR count). The van der Waals surface area contributed by atoms with Gasteiger partial charge in [0.1, 0.15) is 0 Å². The molecule has 1 aliphatic heterocycles. The fourth-order valence-electron chi connectivity index (χ4n) is 1.29. The Labute approximate surface area is 72.8 Å². The van der Waals surface area contributed by atoms with E-state index in [4.69, 9.17) is 5.26 Å². The van der Waals surface area contributed by atoms with Crippen molar-refractivity contribution in [2.24, 2.45) is 5.41 Å². The third kappa shape index (κ3) is 1.76. The van der Waals surface area contributed by atoms with Gasteiger partial charge >= 0.3 is 0 Å². The van der Waals surface area contributed by atoms with E-state index in [1.165, 1.54) is 10.6 Å². The molecule has 0 aromatic carbocycles. The Morgan fingerprint density at radius 1 is 1.58 bits per heavy atom. The van der Waals surface area contributed by atoms with Crippen LogP contribution in [-0.4, -0.2) is 32.1 Å². The molecule has 0 aromatic heterocycles. The third-order valence-electron chi connectivity index (χ3n) is 2.18. The zero-order valence-electron chi connectivity index (χ0n) is 7.24. The summed E-state index contributed by atoms with van der Waals surface area (Å²) in [4.78, 5) is 0. The second kappa shape index (κ2) is 2.71. The number of nitriles is 1. The van der Waals surface area contributed by atoms with Crippen LogP contribution in [0.25, 0.3) is 0 Å². The first-order valence-electron chi connectivity index (χ1n) is 3.74. The molecule has 1 saturated heterocycles. The number of hydrogen-bond acceptors (Lipinski definition) is 3. The summed E-state index contributed by atoms with van der Waals surface area (Å²) in [7, 11) is -3.10.